The molecule has 1 heterocycles. The molecule has 2 atom stereocenters. The first-order chi connectivity index (χ1) is 8.82. The second-order valence-electron chi connectivity index (χ2n) is 5.97. The lowest BCUT2D eigenvalue weighted by molar-refractivity contribution is -0.153. The van der Waals surface area contributed by atoms with Crippen LogP contribution in [0.3, 0.4) is 0 Å². The van der Waals surface area contributed by atoms with Crippen molar-refractivity contribution in [3.05, 3.63) is 0 Å². The Morgan fingerprint density at radius 3 is 2.37 bits per heavy atom. The van der Waals surface area contributed by atoms with E-state index in [1.165, 1.54) is 0 Å². The Balaban J connectivity index is 2.91. The van der Waals surface area contributed by atoms with Crippen LogP contribution in [0.25, 0.3) is 0 Å². The van der Waals surface area contributed by atoms with E-state index in [-0.39, 0.29) is 29.3 Å². The molecule has 0 aromatic carbocycles. The first kappa shape index (κ1) is 16.3. The highest BCUT2D eigenvalue weighted by Gasteiger charge is 2.45. The molecule has 2 amide bonds. The summed E-state index contributed by atoms with van der Waals surface area (Å²) >= 11 is 1.80. The average Bonchev–Trinajstić information content (AvgIpc) is 2.31. The number of piperazine rings is 1. The maximum atomic E-state index is 12.5. The van der Waals surface area contributed by atoms with Crippen LogP contribution in [0, 0.1) is 5.41 Å². The molecule has 1 aliphatic heterocycles. The van der Waals surface area contributed by atoms with Crippen molar-refractivity contribution in [2.24, 2.45) is 5.41 Å². The summed E-state index contributed by atoms with van der Waals surface area (Å²) in [4.78, 5) is 26.5. The molecule has 110 valence electrons. The van der Waals surface area contributed by atoms with Gasteiger partial charge in [0.15, 0.2) is 0 Å². The van der Waals surface area contributed by atoms with Crippen molar-refractivity contribution in [2.75, 3.05) is 18.1 Å². The molecule has 0 bridgehead atoms. The van der Waals surface area contributed by atoms with E-state index >= 15 is 0 Å². The molecule has 19 heavy (non-hydrogen) atoms. The normalized spacial score (nSPS) is 24.6. The van der Waals surface area contributed by atoms with Crippen molar-refractivity contribution in [1.82, 2.24) is 10.2 Å². The molecule has 0 saturated carbocycles. The van der Waals surface area contributed by atoms with E-state index in [9.17, 15) is 9.59 Å². The van der Waals surface area contributed by atoms with Gasteiger partial charge in [-0.2, -0.15) is 11.8 Å². The van der Waals surface area contributed by atoms with Gasteiger partial charge in [-0.15, -0.1) is 0 Å². The zero-order valence-electron chi connectivity index (χ0n) is 12.7. The van der Waals surface area contributed by atoms with Gasteiger partial charge >= 0.3 is 0 Å². The van der Waals surface area contributed by atoms with Gasteiger partial charge in [0.25, 0.3) is 0 Å². The third kappa shape index (κ3) is 3.88. The Bertz CT molecular complexity index is 339. The predicted octanol–water partition coefficient (Wildman–Crippen LogP) is 1.89. The molecular formula is C14H26N2O2S. The molecule has 0 spiro atoms. The Kier molecular flexibility index (Phi) is 5.71. The predicted molar refractivity (Wildman–Crippen MR) is 80.2 cm³/mol. The van der Waals surface area contributed by atoms with E-state index in [0.717, 1.165) is 11.5 Å². The van der Waals surface area contributed by atoms with Gasteiger partial charge in [-0.3, -0.25) is 9.59 Å². The van der Waals surface area contributed by atoms with Crippen molar-refractivity contribution in [1.29, 1.82) is 0 Å². The highest BCUT2D eigenvalue weighted by Crippen LogP contribution is 2.28. The van der Waals surface area contributed by atoms with Gasteiger partial charge in [0, 0.05) is 12.3 Å². The monoisotopic (exact) mass is 286 g/mol. The smallest absolute Gasteiger partial charge is 0.245 e. The molecule has 0 radical (unpaired) electrons. The lowest BCUT2D eigenvalue weighted by Gasteiger charge is -2.44. The van der Waals surface area contributed by atoms with E-state index in [0.29, 0.717) is 13.0 Å². The lowest BCUT2D eigenvalue weighted by Crippen LogP contribution is -2.66. The summed E-state index contributed by atoms with van der Waals surface area (Å²) in [7, 11) is 0. The van der Waals surface area contributed by atoms with Crippen molar-refractivity contribution in [2.45, 2.75) is 53.1 Å². The fourth-order valence-corrected chi connectivity index (χ4v) is 3.08. The van der Waals surface area contributed by atoms with Crippen molar-refractivity contribution >= 4 is 23.6 Å². The van der Waals surface area contributed by atoms with Crippen molar-refractivity contribution in [3.63, 3.8) is 0 Å². The SMILES string of the molecule is CCSCCN1C(=O)C(CC)NC(=O)C1C(C)(C)C. The Labute approximate surface area is 120 Å². The molecule has 1 saturated heterocycles. The van der Waals surface area contributed by atoms with Gasteiger partial charge in [-0.25, -0.2) is 0 Å². The quantitative estimate of drug-likeness (QED) is 0.785. The fourth-order valence-electron chi connectivity index (χ4n) is 2.47. The number of hydrogen-bond donors (Lipinski definition) is 1. The minimum Gasteiger partial charge on any atom is -0.342 e. The van der Waals surface area contributed by atoms with Crippen LogP contribution in [-0.4, -0.2) is 46.8 Å². The third-order valence-corrected chi connectivity index (χ3v) is 4.25. The largest absolute Gasteiger partial charge is 0.342 e. The standard InChI is InChI=1S/C14H26N2O2S/c1-6-10-13(18)16(8-9-19-7-2)11(12(17)15-10)14(3,4)5/h10-11H,6-9H2,1-5H3,(H,15,17). The summed E-state index contributed by atoms with van der Waals surface area (Å²) in [5.41, 5.74) is -0.241. The van der Waals surface area contributed by atoms with Crippen LogP contribution in [0.15, 0.2) is 0 Å². The number of rotatable bonds is 5. The lowest BCUT2D eigenvalue weighted by atomic mass is 9.83. The Hall–Kier alpha value is -0.710. The topological polar surface area (TPSA) is 49.4 Å². The van der Waals surface area contributed by atoms with Crippen LogP contribution < -0.4 is 5.32 Å². The van der Waals surface area contributed by atoms with Crippen LogP contribution in [0.4, 0.5) is 0 Å². The molecule has 2 unspecified atom stereocenters. The number of amides is 2. The van der Waals surface area contributed by atoms with Crippen LogP contribution >= 0.6 is 11.8 Å². The molecule has 4 nitrogen and oxygen atoms in total. The van der Waals surface area contributed by atoms with Gasteiger partial charge in [-0.05, 0) is 17.6 Å². The maximum absolute atomic E-state index is 12.5. The average molecular weight is 286 g/mol. The van der Waals surface area contributed by atoms with Crippen LogP contribution in [0.2, 0.25) is 0 Å². The van der Waals surface area contributed by atoms with Crippen molar-refractivity contribution < 1.29 is 9.59 Å². The van der Waals surface area contributed by atoms with E-state index in [4.69, 9.17) is 0 Å². The summed E-state index contributed by atoms with van der Waals surface area (Å²) in [5, 5.41) is 2.86. The minimum atomic E-state index is -0.361. The number of carbonyl (C=O) groups excluding carboxylic acids is 2. The molecule has 1 rings (SSSR count). The highest BCUT2D eigenvalue weighted by atomic mass is 32.2. The number of nitrogens with zero attached hydrogens (tertiary/aromatic N) is 1. The van der Waals surface area contributed by atoms with E-state index in [2.05, 4.69) is 12.2 Å². The Morgan fingerprint density at radius 1 is 1.26 bits per heavy atom. The van der Waals surface area contributed by atoms with Crippen LogP contribution in [0.5, 0.6) is 0 Å². The Morgan fingerprint density at radius 2 is 1.89 bits per heavy atom. The molecule has 1 aliphatic rings. The first-order valence-electron chi connectivity index (χ1n) is 7.01. The molecular weight excluding hydrogens is 260 g/mol. The first-order valence-corrected chi connectivity index (χ1v) is 8.17. The zero-order chi connectivity index (χ0) is 14.6. The molecule has 0 aromatic heterocycles. The molecule has 1 N–H and O–H groups in total. The van der Waals surface area contributed by atoms with E-state index in [1.807, 2.05) is 27.7 Å². The summed E-state index contributed by atoms with van der Waals surface area (Å²) in [6, 6.07) is -0.710. The van der Waals surface area contributed by atoms with Crippen molar-refractivity contribution in [3.8, 4) is 0 Å². The van der Waals surface area contributed by atoms with Gasteiger partial charge in [-0.1, -0.05) is 34.6 Å². The summed E-state index contributed by atoms with van der Waals surface area (Å²) in [5.74, 6) is 1.98. The van der Waals surface area contributed by atoms with Gasteiger partial charge in [0.2, 0.25) is 11.8 Å². The summed E-state index contributed by atoms with van der Waals surface area (Å²) in [6.07, 6.45) is 0.652. The summed E-state index contributed by atoms with van der Waals surface area (Å²) in [6.45, 7) is 10.7. The number of nitrogens with one attached hydrogen (secondary N) is 1. The second-order valence-corrected chi connectivity index (χ2v) is 7.36. The van der Waals surface area contributed by atoms with E-state index < -0.39 is 0 Å². The zero-order valence-corrected chi connectivity index (χ0v) is 13.5. The molecule has 1 fully saturated rings. The molecule has 0 aliphatic carbocycles. The van der Waals surface area contributed by atoms with Crippen LogP contribution in [0.1, 0.15) is 41.0 Å². The molecule has 5 heteroatoms. The number of hydrogen-bond acceptors (Lipinski definition) is 3. The minimum absolute atomic E-state index is 0.0135. The highest BCUT2D eigenvalue weighted by molar-refractivity contribution is 7.99. The third-order valence-electron chi connectivity index (χ3n) is 3.37. The van der Waals surface area contributed by atoms with Gasteiger partial charge in [0.05, 0.1) is 0 Å². The molecule has 0 aromatic rings. The van der Waals surface area contributed by atoms with Gasteiger partial charge < -0.3 is 10.2 Å². The van der Waals surface area contributed by atoms with Gasteiger partial charge in [0.1, 0.15) is 12.1 Å². The summed E-state index contributed by atoms with van der Waals surface area (Å²) < 4.78 is 0. The maximum Gasteiger partial charge on any atom is 0.245 e. The number of carbonyl (C=O) groups is 2. The number of thioether (sulfide) groups is 1. The van der Waals surface area contributed by atoms with Crippen LogP contribution in [-0.2, 0) is 9.59 Å². The second kappa shape index (κ2) is 6.64. The van der Waals surface area contributed by atoms with E-state index in [1.54, 1.807) is 16.7 Å². The fraction of sp³-hybridized carbons (Fsp3) is 0.857.